The zero-order valence-electron chi connectivity index (χ0n) is 20.4. The molecule has 2 aromatic carbocycles. The van der Waals surface area contributed by atoms with E-state index in [9.17, 15) is 13.2 Å². The Morgan fingerprint density at radius 2 is 1.62 bits per heavy atom. The van der Waals surface area contributed by atoms with E-state index in [1.165, 1.54) is 40.0 Å². The molecule has 0 atom stereocenters. The summed E-state index contributed by atoms with van der Waals surface area (Å²) >= 11 is 0. The average molecular weight is 466 g/mol. The van der Waals surface area contributed by atoms with E-state index in [-0.39, 0.29) is 5.41 Å². The first-order valence-electron chi connectivity index (χ1n) is 12.1. The van der Waals surface area contributed by atoms with Gasteiger partial charge in [-0.05, 0) is 78.0 Å². The normalized spacial score (nSPS) is 17.1. The molecule has 4 heteroatoms. The minimum atomic E-state index is -4.29. The summed E-state index contributed by atoms with van der Waals surface area (Å²) in [5, 5.41) is 0. The van der Waals surface area contributed by atoms with E-state index in [1.807, 2.05) is 0 Å². The topological polar surface area (TPSA) is 3.24 Å². The molecule has 1 nitrogen and oxygen atoms in total. The number of nitrogens with zero attached hydrogens (tertiary/aromatic N) is 1. The van der Waals surface area contributed by atoms with Crippen LogP contribution in [0.5, 0.6) is 0 Å². The first-order chi connectivity index (χ1) is 16.0. The molecule has 34 heavy (non-hydrogen) atoms. The second kappa shape index (κ2) is 9.58. The van der Waals surface area contributed by atoms with Crippen LogP contribution in [-0.2, 0) is 25.4 Å². The van der Waals surface area contributed by atoms with E-state index in [2.05, 4.69) is 62.6 Å². The molecule has 1 aliphatic heterocycles. The van der Waals surface area contributed by atoms with Crippen molar-refractivity contribution in [3.05, 3.63) is 100 Å². The molecule has 0 N–H and O–H groups in total. The Bertz CT molecular complexity index is 1120. The van der Waals surface area contributed by atoms with E-state index in [4.69, 9.17) is 0 Å². The third kappa shape index (κ3) is 5.72. The maximum absolute atomic E-state index is 12.8. The molecule has 0 amide bonds. The molecule has 1 aliphatic carbocycles. The largest absolute Gasteiger partial charge is 0.416 e. The van der Waals surface area contributed by atoms with Crippen LogP contribution >= 0.6 is 0 Å². The maximum atomic E-state index is 12.8. The van der Waals surface area contributed by atoms with Gasteiger partial charge in [0.05, 0.1) is 5.56 Å². The van der Waals surface area contributed by atoms with Crippen molar-refractivity contribution in [3.8, 4) is 0 Å². The fourth-order valence-electron chi connectivity index (χ4n) is 4.80. The van der Waals surface area contributed by atoms with Gasteiger partial charge >= 0.3 is 6.18 Å². The summed E-state index contributed by atoms with van der Waals surface area (Å²) < 4.78 is 38.5. The number of hydrogen-bond donors (Lipinski definition) is 0. The van der Waals surface area contributed by atoms with E-state index in [1.54, 1.807) is 12.1 Å². The standard InChI is InChI=1S/C30H34F3N/c1-21(2)29(3,4)19-22-5-7-25-13-15-34(16-14-27(25)17-22)20-23-6-8-26(18-23)24-9-11-28(12-10-24)30(31,32)33/h5-12,17H,1,13-16,18-20H2,2-4H3. The van der Waals surface area contributed by atoms with Crippen molar-refractivity contribution < 1.29 is 13.2 Å². The van der Waals surface area contributed by atoms with Crippen LogP contribution < -0.4 is 0 Å². The molecule has 0 spiro atoms. The number of rotatable bonds is 6. The Hall–Kier alpha value is -2.59. The molecule has 0 saturated heterocycles. The Morgan fingerprint density at radius 3 is 2.26 bits per heavy atom. The van der Waals surface area contributed by atoms with Crippen molar-refractivity contribution >= 4 is 5.57 Å². The van der Waals surface area contributed by atoms with Gasteiger partial charge in [-0.15, -0.1) is 0 Å². The Morgan fingerprint density at radius 1 is 0.941 bits per heavy atom. The Balaban J connectivity index is 1.33. The zero-order chi connectivity index (χ0) is 24.5. The summed E-state index contributed by atoms with van der Waals surface area (Å²) in [6, 6.07) is 12.5. The van der Waals surface area contributed by atoms with Crippen molar-refractivity contribution in [2.45, 2.75) is 52.6 Å². The Kier molecular flexibility index (Phi) is 6.91. The number of halogens is 3. The molecular weight excluding hydrogens is 431 g/mol. The number of allylic oxidation sites excluding steroid dienone is 4. The van der Waals surface area contributed by atoms with Crippen molar-refractivity contribution in [1.82, 2.24) is 4.90 Å². The second-order valence-electron chi connectivity index (χ2n) is 10.5. The highest BCUT2D eigenvalue weighted by Gasteiger charge is 2.30. The van der Waals surface area contributed by atoms with Crippen molar-refractivity contribution in [3.63, 3.8) is 0 Å². The number of hydrogen-bond acceptors (Lipinski definition) is 1. The highest BCUT2D eigenvalue weighted by molar-refractivity contribution is 5.72. The molecule has 4 rings (SSSR count). The van der Waals surface area contributed by atoms with Crippen LogP contribution in [0, 0.1) is 5.41 Å². The lowest BCUT2D eigenvalue weighted by Crippen LogP contribution is -2.28. The maximum Gasteiger partial charge on any atom is 0.416 e. The highest BCUT2D eigenvalue weighted by atomic mass is 19.4. The lowest BCUT2D eigenvalue weighted by Gasteiger charge is -2.25. The first-order valence-corrected chi connectivity index (χ1v) is 12.1. The fraction of sp³-hybridized carbons (Fsp3) is 0.400. The summed E-state index contributed by atoms with van der Waals surface area (Å²) in [5.41, 5.74) is 8.27. The molecule has 2 aromatic rings. The van der Waals surface area contributed by atoms with Crippen LogP contribution in [0.15, 0.2) is 72.3 Å². The predicted octanol–water partition coefficient (Wildman–Crippen LogP) is 7.66. The zero-order valence-corrected chi connectivity index (χ0v) is 20.4. The van der Waals surface area contributed by atoms with Gasteiger partial charge in [0.2, 0.25) is 0 Å². The van der Waals surface area contributed by atoms with E-state index >= 15 is 0 Å². The molecule has 180 valence electrons. The average Bonchev–Trinajstić information content (AvgIpc) is 3.15. The fourth-order valence-corrected chi connectivity index (χ4v) is 4.80. The van der Waals surface area contributed by atoms with Crippen LogP contribution in [0.1, 0.15) is 55.0 Å². The van der Waals surface area contributed by atoms with Gasteiger partial charge < -0.3 is 0 Å². The van der Waals surface area contributed by atoms with Gasteiger partial charge in [-0.3, -0.25) is 4.90 Å². The summed E-state index contributed by atoms with van der Waals surface area (Å²) in [6.07, 6.45) is 3.80. The summed E-state index contributed by atoms with van der Waals surface area (Å²) in [6.45, 7) is 13.7. The number of fused-ring (bicyclic) bond motifs is 1. The summed E-state index contributed by atoms with van der Waals surface area (Å²) in [5.74, 6) is 0. The minimum absolute atomic E-state index is 0.0950. The third-order valence-corrected chi connectivity index (χ3v) is 7.41. The van der Waals surface area contributed by atoms with Gasteiger partial charge in [0.25, 0.3) is 0 Å². The third-order valence-electron chi connectivity index (χ3n) is 7.41. The van der Waals surface area contributed by atoms with Crippen molar-refractivity contribution in [1.29, 1.82) is 0 Å². The van der Waals surface area contributed by atoms with Gasteiger partial charge in [0, 0.05) is 19.6 Å². The van der Waals surface area contributed by atoms with Crippen LogP contribution in [-0.4, -0.2) is 24.5 Å². The predicted molar refractivity (Wildman–Crippen MR) is 135 cm³/mol. The highest BCUT2D eigenvalue weighted by Crippen LogP contribution is 2.34. The van der Waals surface area contributed by atoms with E-state index < -0.39 is 11.7 Å². The van der Waals surface area contributed by atoms with Gasteiger partial charge in [0.15, 0.2) is 0 Å². The molecule has 1 heterocycles. The molecule has 0 fully saturated rings. The molecule has 2 aliphatic rings. The molecule has 0 radical (unpaired) electrons. The molecule has 0 saturated carbocycles. The quantitative estimate of drug-likeness (QED) is 0.396. The lowest BCUT2D eigenvalue weighted by atomic mass is 9.79. The lowest BCUT2D eigenvalue weighted by molar-refractivity contribution is -0.137. The molecule has 0 bridgehead atoms. The van der Waals surface area contributed by atoms with Crippen LogP contribution in [0.4, 0.5) is 13.2 Å². The monoisotopic (exact) mass is 465 g/mol. The van der Waals surface area contributed by atoms with Gasteiger partial charge in [0.1, 0.15) is 0 Å². The van der Waals surface area contributed by atoms with E-state index in [0.717, 1.165) is 56.5 Å². The summed E-state index contributed by atoms with van der Waals surface area (Å²) in [7, 11) is 0. The molecular formula is C30H34F3N. The molecule has 0 aromatic heterocycles. The number of benzene rings is 2. The van der Waals surface area contributed by atoms with Gasteiger partial charge in [-0.1, -0.05) is 74.1 Å². The SMILES string of the molecule is C=C(C)C(C)(C)Cc1ccc2c(c1)CCN(CC1=CC=C(c3ccc(C(F)(F)F)cc3)C1)CC2. The molecule has 0 unspecified atom stereocenters. The second-order valence-corrected chi connectivity index (χ2v) is 10.5. The Labute approximate surface area is 201 Å². The van der Waals surface area contributed by atoms with Gasteiger partial charge in [-0.2, -0.15) is 13.2 Å². The summed E-state index contributed by atoms with van der Waals surface area (Å²) in [4.78, 5) is 2.51. The van der Waals surface area contributed by atoms with E-state index in [0.29, 0.717) is 0 Å². The minimum Gasteiger partial charge on any atom is -0.299 e. The number of alkyl halides is 3. The van der Waals surface area contributed by atoms with Crippen LogP contribution in [0.3, 0.4) is 0 Å². The van der Waals surface area contributed by atoms with Crippen LogP contribution in [0.2, 0.25) is 0 Å². The smallest absolute Gasteiger partial charge is 0.299 e. The van der Waals surface area contributed by atoms with Crippen LogP contribution in [0.25, 0.3) is 5.57 Å². The first kappa shape index (κ1) is 24.5. The van der Waals surface area contributed by atoms with Crippen molar-refractivity contribution in [2.24, 2.45) is 5.41 Å². The van der Waals surface area contributed by atoms with Gasteiger partial charge in [-0.25, -0.2) is 0 Å². The van der Waals surface area contributed by atoms with Crippen molar-refractivity contribution in [2.75, 3.05) is 19.6 Å².